The van der Waals surface area contributed by atoms with Crippen molar-refractivity contribution in [3.05, 3.63) is 112 Å². The summed E-state index contributed by atoms with van der Waals surface area (Å²) in [5.41, 5.74) is 15.0. The highest BCUT2D eigenvalue weighted by Crippen LogP contribution is 2.32. The van der Waals surface area contributed by atoms with E-state index in [1.165, 1.54) is 22.3 Å². The highest BCUT2D eigenvalue weighted by atomic mass is 16.5. The number of carbonyl (C=O) groups is 2. The molecule has 0 bridgehead atoms. The third-order valence-electron chi connectivity index (χ3n) is 10.1. The van der Waals surface area contributed by atoms with E-state index in [0.717, 1.165) is 64.2 Å². The second-order valence-corrected chi connectivity index (χ2v) is 14.9. The third-order valence-corrected chi connectivity index (χ3v) is 10.1. The van der Waals surface area contributed by atoms with E-state index < -0.39 is 0 Å². The van der Waals surface area contributed by atoms with Gasteiger partial charge in [-0.1, -0.05) is 49.4 Å². The van der Waals surface area contributed by atoms with Crippen molar-refractivity contribution in [3.63, 3.8) is 0 Å². The molecule has 0 aliphatic carbocycles. The Balaban J connectivity index is 0.915. The summed E-state index contributed by atoms with van der Waals surface area (Å²) in [6.07, 6.45) is 4.63. The van der Waals surface area contributed by atoms with Crippen LogP contribution in [0.4, 0.5) is 5.82 Å². The molecular weight excluding hydrogens is 745 g/mol. The summed E-state index contributed by atoms with van der Waals surface area (Å²) >= 11 is 0. The lowest BCUT2D eigenvalue weighted by atomic mass is 9.94. The van der Waals surface area contributed by atoms with Gasteiger partial charge in [0.25, 0.3) is 5.91 Å². The van der Waals surface area contributed by atoms with Crippen molar-refractivity contribution in [1.29, 1.82) is 0 Å². The summed E-state index contributed by atoms with van der Waals surface area (Å²) < 4.78 is 28.1. The fraction of sp³-hybridized carbons (Fsp3) is 0.438. The lowest BCUT2D eigenvalue weighted by molar-refractivity contribution is -0.122. The molecule has 0 aliphatic heterocycles. The number of aromatic nitrogens is 1. The number of anilines is 1. The molecule has 0 radical (unpaired) electrons. The Hall–Kier alpha value is -5.07. The van der Waals surface area contributed by atoms with E-state index in [1.807, 2.05) is 37.3 Å². The van der Waals surface area contributed by atoms with Crippen LogP contribution in [0, 0.1) is 20.8 Å². The Kier molecular flexibility index (Phi) is 18.4. The topological polar surface area (TPSA) is 143 Å². The quantitative estimate of drug-likeness (QED) is 0.0378. The van der Waals surface area contributed by atoms with Crippen molar-refractivity contribution >= 4 is 39.3 Å². The average Bonchev–Trinajstić information content (AvgIpc) is 3.22. The second kappa shape index (κ2) is 24.1. The molecule has 59 heavy (non-hydrogen) atoms. The number of carbonyl (C=O) groups excluding carboxylic acids is 2. The van der Waals surface area contributed by atoms with Crippen molar-refractivity contribution in [3.8, 4) is 5.75 Å². The Bertz CT molecular complexity index is 2100. The largest absolute Gasteiger partial charge is 0.489 e. The molecule has 1 heterocycles. The number of amides is 2. The predicted molar refractivity (Wildman–Crippen MR) is 235 cm³/mol. The monoisotopic (exact) mass is 806 g/mol. The normalized spacial score (nSPS) is 11.3. The molecular formula is C48H62N4O7. The molecule has 11 heteroatoms. The van der Waals surface area contributed by atoms with Crippen molar-refractivity contribution < 1.29 is 33.3 Å². The van der Waals surface area contributed by atoms with E-state index >= 15 is 0 Å². The number of nitrogens with one attached hydrogen (secondary N) is 2. The molecule has 0 saturated heterocycles. The van der Waals surface area contributed by atoms with Crippen LogP contribution < -0.4 is 21.1 Å². The van der Waals surface area contributed by atoms with Gasteiger partial charge in [0.05, 0.1) is 38.6 Å². The first-order valence-electron chi connectivity index (χ1n) is 21.0. The summed E-state index contributed by atoms with van der Waals surface area (Å²) in [5, 5.41) is 9.15. The molecule has 4 aromatic carbocycles. The van der Waals surface area contributed by atoms with Crippen molar-refractivity contribution in [2.75, 3.05) is 71.7 Å². The Labute approximate surface area is 349 Å². The minimum Gasteiger partial charge on any atom is -0.489 e. The molecule has 0 unspecified atom stereocenters. The number of rotatable bonds is 26. The van der Waals surface area contributed by atoms with Gasteiger partial charge in [-0.25, -0.2) is 4.98 Å². The van der Waals surface area contributed by atoms with Gasteiger partial charge in [-0.05, 0) is 122 Å². The van der Waals surface area contributed by atoms with Crippen molar-refractivity contribution in [2.24, 2.45) is 0 Å². The predicted octanol–water partition coefficient (Wildman–Crippen LogP) is 7.75. The Morgan fingerprint density at radius 1 is 0.661 bits per heavy atom. The number of nitrogen functional groups attached to an aromatic ring is 1. The lowest BCUT2D eigenvalue weighted by Crippen LogP contribution is -2.26. The van der Waals surface area contributed by atoms with Gasteiger partial charge in [0, 0.05) is 55.7 Å². The number of nitrogens with two attached hydrogens (primary N) is 1. The second-order valence-electron chi connectivity index (χ2n) is 14.9. The molecule has 5 aromatic rings. The van der Waals surface area contributed by atoms with Gasteiger partial charge >= 0.3 is 0 Å². The average molecular weight is 807 g/mol. The van der Waals surface area contributed by atoms with Gasteiger partial charge in [-0.2, -0.15) is 0 Å². The van der Waals surface area contributed by atoms with Gasteiger partial charge < -0.3 is 40.1 Å². The maximum atomic E-state index is 12.7. The first-order chi connectivity index (χ1) is 28.7. The zero-order chi connectivity index (χ0) is 41.8. The van der Waals surface area contributed by atoms with Gasteiger partial charge in [0.15, 0.2) is 0 Å². The van der Waals surface area contributed by atoms with Crippen molar-refractivity contribution in [1.82, 2.24) is 15.6 Å². The molecule has 0 aliphatic rings. The summed E-state index contributed by atoms with van der Waals surface area (Å²) in [5.74, 6) is 1.29. The van der Waals surface area contributed by atoms with Crippen LogP contribution in [0.5, 0.6) is 5.75 Å². The first kappa shape index (κ1) is 45.0. The van der Waals surface area contributed by atoms with Crippen LogP contribution in [-0.4, -0.2) is 82.7 Å². The standard InChI is InChI=1S/C48H62N4O7/c1-5-21-55-24-18-45(53)50-19-6-22-56-25-27-58-28-26-57-23-7-20-51-48(54)40-13-9-37(10-14-40)33-59-41-16-15-39(35(3)31-41)12-11-38-30-36(4)46-43(32-38)42-17-8-34(2)29-44(42)52-47(46)49/h8-10,13-17,29-32H,5-7,11-12,18-28,33H2,1-4H3,(H2,49,52)(H,50,53)(H,51,54). The number of benzene rings is 4. The van der Waals surface area contributed by atoms with Gasteiger partial charge in [-0.15, -0.1) is 0 Å². The molecule has 4 N–H and O–H groups in total. The number of aryl methyl sites for hydroxylation is 5. The number of fused-ring (bicyclic) bond motifs is 3. The van der Waals surface area contributed by atoms with Gasteiger partial charge in [-0.3, -0.25) is 9.59 Å². The smallest absolute Gasteiger partial charge is 0.251 e. The Morgan fingerprint density at radius 2 is 1.36 bits per heavy atom. The van der Waals surface area contributed by atoms with Gasteiger partial charge in [0.1, 0.15) is 18.2 Å². The number of ether oxygens (including phenoxy) is 5. The minimum absolute atomic E-state index is 0.00301. The van der Waals surface area contributed by atoms with Crippen LogP contribution >= 0.6 is 0 Å². The Morgan fingerprint density at radius 3 is 2.07 bits per heavy atom. The van der Waals surface area contributed by atoms with Crippen LogP contribution in [0.25, 0.3) is 21.7 Å². The molecule has 11 nitrogen and oxygen atoms in total. The zero-order valence-electron chi connectivity index (χ0n) is 35.3. The zero-order valence-corrected chi connectivity index (χ0v) is 35.3. The van der Waals surface area contributed by atoms with E-state index in [2.05, 4.69) is 78.9 Å². The van der Waals surface area contributed by atoms with Crippen LogP contribution in [0.15, 0.2) is 72.8 Å². The van der Waals surface area contributed by atoms with Crippen LogP contribution in [0.2, 0.25) is 0 Å². The highest BCUT2D eigenvalue weighted by Gasteiger charge is 2.12. The summed E-state index contributed by atoms with van der Waals surface area (Å²) in [7, 11) is 0. The molecule has 0 fully saturated rings. The number of pyridine rings is 1. The van der Waals surface area contributed by atoms with Crippen LogP contribution in [-0.2, 0) is 43.2 Å². The third kappa shape index (κ3) is 14.6. The maximum Gasteiger partial charge on any atom is 0.251 e. The maximum absolute atomic E-state index is 12.7. The number of nitrogens with zero attached hydrogens (tertiary/aromatic N) is 1. The van der Waals surface area contributed by atoms with E-state index in [1.54, 1.807) is 0 Å². The molecule has 5 rings (SSSR count). The SMILES string of the molecule is CCCOCCC(=O)NCCCOCCOCCOCCCNC(=O)c1ccc(COc2ccc(CCc3cc(C)c4c(N)nc5cc(C)ccc5c4c3)c(C)c2)cc1. The molecule has 0 atom stereocenters. The van der Waals surface area contributed by atoms with E-state index in [9.17, 15) is 9.59 Å². The van der Waals surface area contributed by atoms with Crippen LogP contribution in [0.3, 0.4) is 0 Å². The minimum atomic E-state index is -0.116. The summed E-state index contributed by atoms with van der Waals surface area (Å²) in [6.45, 7) is 14.1. The van der Waals surface area contributed by atoms with E-state index in [4.69, 9.17) is 29.4 Å². The number of hydrogen-bond donors (Lipinski definition) is 3. The summed E-state index contributed by atoms with van der Waals surface area (Å²) in [6, 6.07) is 24.7. The fourth-order valence-corrected chi connectivity index (χ4v) is 6.86. The molecule has 2 amide bonds. The van der Waals surface area contributed by atoms with Gasteiger partial charge in [0.2, 0.25) is 5.91 Å². The van der Waals surface area contributed by atoms with Crippen LogP contribution in [0.1, 0.15) is 76.3 Å². The molecule has 0 spiro atoms. The van der Waals surface area contributed by atoms with E-state index in [0.29, 0.717) is 96.8 Å². The molecule has 0 saturated carbocycles. The highest BCUT2D eigenvalue weighted by molar-refractivity contribution is 6.11. The fourth-order valence-electron chi connectivity index (χ4n) is 6.86. The summed E-state index contributed by atoms with van der Waals surface area (Å²) in [4.78, 5) is 29.0. The molecule has 1 aromatic heterocycles. The lowest BCUT2D eigenvalue weighted by Gasteiger charge is -2.14. The van der Waals surface area contributed by atoms with Crippen molar-refractivity contribution in [2.45, 2.75) is 72.8 Å². The molecule has 316 valence electrons. The van der Waals surface area contributed by atoms with E-state index in [-0.39, 0.29) is 11.8 Å². The number of hydrogen-bond acceptors (Lipinski definition) is 9. The first-order valence-corrected chi connectivity index (χ1v) is 21.0.